The molecule has 0 aliphatic rings. The van der Waals surface area contributed by atoms with Crippen LogP contribution >= 0.6 is 12.2 Å². The highest BCUT2D eigenvalue weighted by Crippen LogP contribution is 2.44. The van der Waals surface area contributed by atoms with Crippen molar-refractivity contribution < 1.29 is 0 Å². The van der Waals surface area contributed by atoms with E-state index in [1.54, 1.807) is 0 Å². The standard InChI is InChI=1S/C30H42S/c1-4-7-8-9-10-11-18-24-30(6-3,23-5-2)28(25-26-19-14-12-15-20-26)29(31)27-21-16-13-17-22-27/h12-17,19-22,25H,4-11,18,23-24H2,1-3H3. The number of allylic oxidation sites excluding steroid dienone is 1. The van der Waals surface area contributed by atoms with E-state index in [1.807, 2.05) is 0 Å². The van der Waals surface area contributed by atoms with Gasteiger partial charge in [0.05, 0.1) is 0 Å². The molecule has 2 aromatic rings. The van der Waals surface area contributed by atoms with Gasteiger partial charge in [-0.15, -0.1) is 0 Å². The van der Waals surface area contributed by atoms with Crippen LogP contribution in [0.25, 0.3) is 6.08 Å². The van der Waals surface area contributed by atoms with Crippen LogP contribution in [0.15, 0.2) is 66.2 Å². The van der Waals surface area contributed by atoms with Crippen molar-refractivity contribution in [2.45, 2.75) is 91.4 Å². The second kappa shape index (κ2) is 14.4. The van der Waals surface area contributed by atoms with Gasteiger partial charge in [0.2, 0.25) is 0 Å². The molecule has 0 radical (unpaired) electrons. The first-order chi connectivity index (χ1) is 15.2. The lowest BCUT2D eigenvalue weighted by atomic mass is 9.68. The van der Waals surface area contributed by atoms with Crippen LogP contribution in [0, 0.1) is 5.41 Å². The van der Waals surface area contributed by atoms with E-state index in [0.29, 0.717) is 0 Å². The van der Waals surface area contributed by atoms with Gasteiger partial charge in [-0.3, -0.25) is 0 Å². The number of hydrogen-bond donors (Lipinski definition) is 0. The molecule has 1 atom stereocenters. The molecule has 0 fully saturated rings. The number of rotatable bonds is 15. The molecule has 1 unspecified atom stereocenters. The quantitative estimate of drug-likeness (QED) is 0.116. The van der Waals surface area contributed by atoms with Crippen LogP contribution in [0.3, 0.4) is 0 Å². The Hall–Kier alpha value is -1.73. The SMILES string of the molecule is CCCCCCCCCC(CC)(CCC)C(=Cc1ccccc1)C(=S)c1ccccc1. The molecule has 2 rings (SSSR count). The highest BCUT2D eigenvalue weighted by molar-refractivity contribution is 7.81. The van der Waals surface area contributed by atoms with E-state index in [2.05, 4.69) is 87.5 Å². The molecule has 0 aromatic heterocycles. The molecule has 2 aromatic carbocycles. The fourth-order valence-electron chi connectivity index (χ4n) is 4.76. The first kappa shape index (κ1) is 25.5. The van der Waals surface area contributed by atoms with Gasteiger partial charge in [0.1, 0.15) is 0 Å². The van der Waals surface area contributed by atoms with Gasteiger partial charge >= 0.3 is 0 Å². The van der Waals surface area contributed by atoms with Crippen LogP contribution in [0.1, 0.15) is 103 Å². The number of thiocarbonyl (C=S) groups is 1. The molecule has 0 bridgehead atoms. The van der Waals surface area contributed by atoms with Gasteiger partial charge in [-0.25, -0.2) is 0 Å². The molecule has 0 amide bonds. The summed E-state index contributed by atoms with van der Waals surface area (Å²) >= 11 is 6.15. The van der Waals surface area contributed by atoms with E-state index in [1.165, 1.54) is 80.9 Å². The summed E-state index contributed by atoms with van der Waals surface area (Å²) in [5, 5.41) is 0. The fraction of sp³-hybridized carbons (Fsp3) is 0.500. The minimum atomic E-state index is 0.154. The van der Waals surface area contributed by atoms with Gasteiger partial charge < -0.3 is 0 Å². The molecule has 0 aliphatic heterocycles. The molecule has 1 heteroatoms. The molecule has 0 N–H and O–H groups in total. The Bertz CT molecular complexity index is 775. The topological polar surface area (TPSA) is 0 Å². The van der Waals surface area contributed by atoms with E-state index >= 15 is 0 Å². The molecule has 0 aliphatic carbocycles. The minimum Gasteiger partial charge on any atom is -0.0791 e. The summed E-state index contributed by atoms with van der Waals surface area (Å²) in [6.45, 7) is 6.97. The third-order valence-electron chi connectivity index (χ3n) is 6.63. The third-order valence-corrected chi connectivity index (χ3v) is 7.08. The first-order valence-corrected chi connectivity index (χ1v) is 12.9. The minimum absolute atomic E-state index is 0.154. The van der Waals surface area contributed by atoms with E-state index < -0.39 is 0 Å². The van der Waals surface area contributed by atoms with Gasteiger partial charge in [-0.05, 0) is 47.5 Å². The average Bonchev–Trinajstić information content (AvgIpc) is 2.82. The monoisotopic (exact) mass is 434 g/mol. The Morgan fingerprint density at radius 2 is 1.29 bits per heavy atom. The maximum Gasteiger partial charge on any atom is 0.0487 e. The largest absolute Gasteiger partial charge is 0.0791 e. The van der Waals surface area contributed by atoms with Crippen LogP contribution in [0.2, 0.25) is 0 Å². The number of benzene rings is 2. The van der Waals surface area contributed by atoms with Gasteiger partial charge in [0, 0.05) is 4.86 Å². The van der Waals surface area contributed by atoms with Crippen LogP contribution in [-0.2, 0) is 0 Å². The highest BCUT2D eigenvalue weighted by atomic mass is 32.1. The normalized spacial score (nSPS) is 13.7. The maximum absolute atomic E-state index is 6.15. The van der Waals surface area contributed by atoms with Crippen LogP contribution < -0.4 is 0 Å². The first-order valence-electron chi connectivity index (χ1n) is 12.5. The van der Waals surface area contributed by atoms with Crippen molar-refractivity contribution in [1.82, 2.24) is 0 Å². The molecular weight excluding hydrogens is 392 g/mol. The predicted octanol–water partition coefficient (Wildman–Crippen LogP) is 9.83. The molecule has 0 heterocycles. The Morgan fingerprint density at radius 1 is 0.710 bits per heavy atom. The van der Waals surface area contributed by atoms with E-state index in [-0.39, 0.29) is 5.41 Å². The van der Waals surface area contributed by atoms with E-state index in [0.717, 1.165) is 11.3 Å². The van der Waals surface area contributed by atoms with Crippen molar-refractivity contribution in [3.05, 3.63) is 77.4 Å². The average molecular weight is 435 g/mol. The zero-order valence-corrected chi connectivity index (χ0v) is 20.9. The summed E-state index contributed by atoms with van der Waals surface area (Å²) in [5.74, 6) is 0. The molecule has 0 nitrogen and oxygen atoms in total. The summed E-state index contributed by atoms with van der Waals surface area (Å²) in [6, 6.07) is 21.4. The van der Waals surface area contributed by atoms with E-state index in [4.69, 9.17) is 12.2 Å². The van der Waals surface area contributed by atoms with Crippen molar-refractivity contribution in [3.8, 4) is 0 Å². The van der Waals surface area contributed by atoms with Crippen molar-refractivity contribution in [1.29, 1.82) is 0 Å². The summed E-state index contributed by atoms with van der Waals surface area (Å²) in [7, 11) is 0. The van der Waals surface area contributed by atoms with Crippen LogP contribution in [0.4, 0.5) is 0 Å². The lowest BCUT2D eigenvalue weighted by Gasteiger charge is -2.36. The van der Waals surface area contributed by atoms with Crippen molar-refractivity contribution >= 4 is 23.2 Å². The zero-order valence-electron chi connectivity index (χ0n) is 20.0. The zero-order chi connectivity index (χ0) is 22.4. The summed E-state index contributed by atoms with van der Waals surface area (Å²) in [6.07, 6.45) is 16.6. The Kier molecular flexibility index (Phi) is 11.8. The maximum atomic E-state index is 6.15. The Balaban J connectivity index is 2.30. The summed E-state index contributed by atoms with van der Waals surface area (Å²) in [4.78, 5) is 1.03. The van der Waals surface area contributed by atoms with Crippen molar-refractivity contribution in [2.75, 3.05) is 0 Å². The molecule has 31 heavy (non-hydrogen) atoms. The van der Waals surface area contributed by atoms with Crippen LogP contribution in [-0.4, -0.2) is 4.86 Å². The third kappa shape index (κ3) is 8.04. The van der Waals surface area contributed by atoms with Gasteiger partial charge in [-0.1, -0.05) is 145 Å². The molecule has 0 saturated carbocycles. The van der Waals surface area contributed by atoms with Crippen molar-refractivity contribution in [3.63, 3.8) is 0 Å². The van der Waals surface area contributed by atoms with E-state index in [9.17, 15) is 0 Å². The summed E-state index contributed by atoms with van der Waals surface area (Å²) < 4.78 is 0. The molecular formula is C30H42S. The Labute approximate surface area is 197 Å². The summed E-state index contributed by atoms with van der Waals surface area (Å²) in [5.41, 5.74) is 3.95. The smallest absolute Gasteiger partial charge is 0.0487 e. The second-order valence-corrected chi connectivity index (χ2v) is 9.33. The molecule has 0 spiro atoms. The lowest BCUT2D eigenvalue weighted by molar-refractivity contribution is 0.285. The lowest BCUT2D eigenvalue weighted by Crippen LogP contribution is -2.27. The van der Waals surface area contributed by atoms with Gasteiger partial charge in [0.25, 0.3) is 0 Å². The molecule has 0 saturated heterocycles. The van der Waals surface area contributed by atoms with Crippen LogP contribution in [0.5, 0.6) is 0 Å². The predicted molar refractivity (Wildman–Crippen MR) is 143 cm³/mol. The highest BCUT2D eigenvalue weighted by Gasteiger charge is 2.33. The van der Waals surface area contributed by atoms with Gasteiger partial charge in [0.15, 0.2) is 0 Å². The second-order valence-electron chi connectivity index (χ2n) is 8.92. The fourth-order valence-corrected chi connectivity index (χ4v) is 5.17. The van der Waals surface area contributed by atoms with Crippen molar-refractivity contribution in [2.24, 2.45) is 5.41 Å². The molecule has 168 valence electrons. The Morgan fingerprint density at radius 3 is 1.87 bits per heavy atom. The van der Waals surface area contributed by atoms with Gasteiger partial charge in [-0.2, -0.15) is 0 Å². The number of hydrogen-bond acceptors (Lipinski definition) is 1. The number of unbranched alkanes of at least 4 members (excludes halogenated alkanes) is 6.